The zero-order chi connectivity index (χ0) is 13.1. The van der Waals surface area contributed by atoms with E-state index < -0.39 is 5.97 Å². The minimum atomic E-state index is -0.849. The normalized spacial score (nSPS) is 14.2. The van der Waals surface area contributed by atoms with Crippen LogP contribution in [-0.2, 0) is 11.2 Å². The Morgan fingerprint density at radius 2 is 2.00 bits per heavy atom. The summed E-state index contributed by atoms with van der Waals surface area (Å²) in [6.07, 6.45) is 3.90. The van der Waals surface area contributed by atoms with E-state index >= 15 is 0 Å². The molecule has 0 bridgehead atoms. The van der Waals surface area contributed by atoms with Gasteiger partial charge in [0, 0.05) is 11.1 Å². The van der Waals surface area contributed by atoms with E-state index in [1.54, 1.807) is 26.4 Å². The lowest BCUT2D eigenvalue weighted by Crippen LogP contribution is -1.99. The lowest BCUT2D eigenvalue weighted by Gasteiger charge is -2.14. The van der Waals surface area contributed by atoms with Crippen LogP contribution >= 0.6 is 0 Å². The first kappa shape index (κ1) is 12.5. The summed E-state index contributed by atoms with van der Waals surface area (Å²) in [6, 6.07) is 3.68. The van der Waals surface area contributed by atoms with Gasteiger partial charge in [0.25, 0.3) is 0 Å². The number of carboxylic acid groups (broad SMARTS) is 1. The summed E-state index contributed by atoms with van der Waals surface area (Å²) in [5, 5.41) is 9.09. The summed E-state index contributed by atoms with van der Waals surface area (Å²) >= 11 is 0. The number of rotatable bonds is 3. The molecule has 0 spiro atoms. The zero-order valence-electron chi connectivity index (χ0n) is 10.5. The van der Waals surface area contributed by atoms with Crippen molar-refractivity contribution in [1.29, 1.82) is 0 Å². The summed E-state index contributed by atoms with van der Waals surface area (Å²) in [4.78, 5) is 11.1. The van der Waals surface area contributed by atoms with E-state index in [2.05, 4.69) is 0 Å². The highest BCUT2D eigenvalue weighted by Gasteiger charge is 2.19. The van der Waals surface area contributed by atoms with Crippen LogP contribution < -0.4 is 9.47 Å². The molecule has 0 atom stereocenters. The van der Waals surface area contributed by atoms with Gasteiger partial charge in [0.05, 0.1) is 14.2 Å². The fourth-order valence-electron chi connectivity index (χ4n) is 2.28. The molecule has 0 saturated heterocycles. The first-order valence-corrected chi connectivity index (χ1v) is 5.85. The summed E-state index contributed by atoms with van der Waals surface area (Å²) in [5.41, 5.74) is 2.37. The molecule has 18 heavy (non-hydrogen) atoms. The van der Waals surface area contributed by atoms with Crippen LogP contribution in [0.25, 0.3) is 6.08 Å². The first-order chi connectivity index (χ1) is 8.67. The Labute approximate surface area is 106 Å². The average molecular weight is 248 g/mol. The third kappa shape index (κ3) is 2.18. The van der Waals surface area contributed by atoms with Crippen LogP contribution in [-0.4, -0.2) is 25.3 Å². The Bertz CT molecular complexity index is 503. The SMILES string of the molecule is COc1ccc2c(c1OC)CCCC(C(=O)O)=C2. The quantitative estimate of drug-likeness (QED) is 0.893. The topological polar surface area (TPSA) is 55.8 Å². The minimum Gasteiger partial charge on any atom is -0.493 e. The van der Waals surface area contributed by atoms with Gasteiger partial charge < -0.3 is 14.6 Å². The van der Waals surface area contributed by atoms with Crippen molar-refractivity contribution in [3.8, 4) is 11.5 Å². The van der Waals surface area contributed by atoms with Crippen LogP contribution in [0.4, 0.5) is 0 Å². The number of hydrogen-bond acceptors (Lipinski definition) is 3. The van der Waals surface area contributed by atoms with Crippen LogP contribution in [0.5, 0.6) is 11.5 Å². The standard InChI is InChI=1S/C14H16O4/c1-17-12-7-6-9-8-10(14(15)16)4-3-5-11(9)13(12)18-2/h6-8H,3-5H2,1-2H3,(H,15,16). The van der Waals surface area contributed by atoms with Crippen molar-refractivity contribution in [3.05, 3.63) is 28.8 Å². The van der Waals surface area contributed by atoms with Crippen LogP contribution in [0.2, 0.25) is 0 Å². The molecule has 0 aliphatic heterocycles. The Kier molecular flexibility index (Phi) is 3.55. The zero-order valence-corrected chi connectivity index (χ0v) is 10.5. The second kappa shape index (κ2) is 5.12. The lowest BCUT2D eigenvalue weighted by molar-refractivity contribution is -0.132. The van der Waals surface area contributed by atoms with Gasteiger partial charge >= 0.3 is 5.97 Å². The molecule has 0 unspecified atom stereocenters. The molecule has 96 valence electrons. The number of aliphatic carboxylic acids is 1. The van der Waals surface area contributed by atoms with Gasteiger partial charge in [-0.1, -0.05) is 6.07 Å². The predicted octanol–water partition coefficient (Wildman–Crippen LogP) is 2.51. The van der Waals surface area contributed by atoms with Gasteiger partial charge in [-0.3, -0.25) is 0 Å². The number of fused-ring (bicyclic) bond motifs is 1. The molecule has 0 saturated carbocycles. The molecule has 1 aliphatic rings. The van der Waals surface area contributed by atoms with E-state index in [4.69, 9.17) is 14.6 Å². The largest absolute Gasteiger partial charge is 0.493 e. The Morgan fingerprint density at radius 3 is 2.61 bits per heavy atom. The maximum absolute atomic E-state index is 11.1. The maximum Gasteiger partial charge on any atom is 0.331 e. The molecular formula is C14H16O4. The molecule has 1 aromatic carbocycles. The van der Waals surface area contributed by atoms with E-state index in [0.717, 1.165) is 24.0 Å². The second-order valence-electron chi connectivity index (χ2n) is 4.20. The fraction of sp³-hybridized carbons (Fsp3) is 0.357. The van der Waals surface area contributed by atoms with E-state index in [9.17, 15) is 4.79 Å². The van der Waals surface area contributed by atoms with Crippen molar-refractivity contribution in [2.24, 2.45) is 0 Å². The molecule has 0 amide bonds. The summed E-state index contributed by atoms with van der Waals surface area (Å²) in [5.74, 6) is 0.541. The molecular weight excluding hydrogens is 232 g/mol. The van der Waals surface area contributed by atoms with Gasteiger partial charge in [-0.25, -0.2) is 4.79 Å². The Hall–Kier alpha value is -1.97. The number of benzene rings is 1. The molecule has 4 heteroatoms. The molecule has 1 aromatic rings. The van der Waals surface area contributed by atoms with E-state index in [1.165, 1.54) is 0 Å². The lowest BCUT2D eigenvalue weighted by atomic mass is 10.0. The summed E-state index contributed by atoms with van der Waals surface area (Å²) < 4.78 is 10.6. The Morgan fingerprint density at radius 1 is 1.22 bits per heavy atom. The van der Waals surface area contributed by atoms with Gasteiger partial charge in [0.1, 0.15) is 0 Å². The minimum absolute atomic E-state index is 0.445. The molecule has 4 nitrogen and oxygen atoms in total. The molecule has 0 radical (unpaired) electrons. The van der Waals surface area contributed by atoms with Gasteiger partial charge in [0.15, 0.2) is 11.5 Å². The fourth-order valence-corrected chi connectivity index (χ4v) is 2.28. The molecule has 0 aromatic heterocycles. The highest BCUT2D eigenvalue weighted by molar-refractivity contribution is 5.92. The molecule has 0 fully saturated rings. The monoisotopic (exact) mass is 248 g/mol. The van der Waals surface area contributed by atoms with Crippen molar-refractivity contribution in [3.63, 3.8) is 0 Å². The van der Waals surface area contributed by atoms with Crippen molar-refractivity contribution in [2.75, 3.05) is 14.2 Å². The smallest absolute Gasteiger partial charge is 0.331 e. The first-order valence-electron chi connectivity index (χ1n) is 5.85. The van der Waals surface area contributed by atoms with Gasteiger partial charge in [0.2, 0.25) is 0 Å². The summed E-state index contributed by atoms with van der Waals surface area (Å²) in [6.45, 7) is 0. The third-order valence-electron chi connectivity index (χ3n) is 3.16. The van der Waals surface area contributed by atoms with Crippen LogP contribution in [0.15, 0.2) is 17.7 Å². The van der Waals surface area contributed by atoms with Gasteiger partial charge in [-0.15, -0.1) is 0 Å². The number of carbonyl (C=O) groups is 1. The van der Waals surface area contributed by atoms with E-state index in [1.807, 2.05) is 6.07 Å². The van der Waals surface area contributed by atoms with Gasteiger partial charge in [-0.05, 0) is 37.0 Å². The van der Waals surface area contributed by atoms with Crippen LogP contribution in [0.3, 0.4) is 0 Å². The molecule has 1 aliphatic carbocycles. The number of ether oxygens (including phenoxy) is 2. The predicted molar refractivity (Wildman–Crippen MR) is 68.1 cm³/mol. The molecule has 0 heterocycles. The third-order valence-corrected chi connectivity index (χ3v) is 3.16. The number of methoxy groups -OCH3 is 2. The van der Waals surface area contributed by atoms with Crippen molar-refractivity contribution < 1.29 is 19.4 Å². The highest BCUT2D eigenvalue weighted by atomic mass is 16.5. The van der Waals surface area contributed by atoms with Crippen molar-refractivity contribution in [1.82, 2.24) is 0 Å². The number of carboxylic acids is 1. The second-order valence-corrected chi connectivity index (χ2v) is 4.20. The number of hydrogen-bond donors (Lipinski definition) is 1. The van der Waals surface area contributed by atoms with Crippen molar-refractivity contribution >= 4 is 12.0 Å². The highest BCUT2D eigenvalue weighted by Crippen LogP contribution is 2.37. The Balaban J connectivity index is 2.55. The average Bonchev–Trinajstić information content (AvgIpc) is 2.59. The van der Waals surface area contributed by atoms with Crippen molar-refractivity contribution in [2.45, 2.75) is 19.3 Å². The van der Waals surface area contributed by atoms with Crippen LogP contribution in [0.1, 0.15) is 24.0 Å². The maximum atomic E-state index is 11.1. The van der Waals surface area contributed by atoms with E-state index in [0.29, 0.717) is 23.5 Å². The molecule has 1 N–H and O–H groups in total. The van der Waals surface area contributed by atoms with Crippen LogP contribution in [0, 0.1) is 0 Å². The molecule has 2 rings (SSSR count). The van der Waals surface area contributed by atoms with E-state index in [-0.39, 0.29) is 0 Å². The summed E-state index contributed by atoms with van der Waals surface area (Å²) in [7, 11) is 3.20. The van der Waals surface area contributed by atoms with Gasteiger partial charge in [-0.2, -0.15) is 0 Å².